The van der Waals surface area contributed by atoms with Crippen LogP contribution >= 0.6 is 0 Å². The highest BCUT2D eigenvalue weighted by atomic mass is 19.1. The third kappa shape index (κ3) is 2.49. The lowest BCUT2D eigenvalue weighted by atomic mass is 10.2. The Balaban J connectivity index is 2.95. The van der Waals surface area contributed by atoms with Crippen molar-refractivity contribution in [3.63, 3.8) is 0 Å². The first-order chi connectivity index (χ1) is 6.25. The number of hydrogen-bond acceptors (Lipinski definition) is 2. The fourth-order valence-corrected chi connectivity index (χ4v) is 0.738. The number of rotatable bonds is 1. The summed E-state index contributed by atoms with van der Waals surface area (Å²) in [4.78, 5) is 3.31. The van der Waals surface area contributed by atoms with Gasteiger partial charge < -0.3 is 5.11 Å². The van der Waals surface area contributed by atoms with Crippen LogP contribution in [-0.4, -0.2) is 16.7 Å². The second kappa shape index (κ2) is 4.53. The first kappa shape index (κ1) is 9.62. The topological polar surface area (TPSA) is 33.1 Å². The van der Waals surface area contributed by atoms with Crippen molar-refractivity contribution < 1.29 is 13.9 Å². The van der Waals surface area contributed by atoms with E-state index in [1.54, 1.807) is 0 Å². The number of halogens is 2. The van der Waals surface area contributed by atoms with Gasteiger partial charge in [-0.25, -0.2) is 8.78 Å². The van der Waals surface area contributed by atoms with Gasteiger partial charge in [0.15, 0.2) is 11.6 Å². The highest BCUT2D eigenvalue weighted by molar-refractivity contribution is 5.34. The van der Waals surface area contributed by atoms with Crippen LogP contribution in [0.2, 0.25) is 0 Å². The lowest BCUT2D eigenvalue weighted by molar-refractivity contribution is 0.305. The molecule has 1 aromatic rings. The molecular weight excluding hydrogens is 176 g/mol. The summed E-state index contributed by atoms with van der Waals surface area (Å²) in [6.45, 7) is -0.124. The molecule has 0 aliphatic heterocycles. The van der Waals surface area contributed by atoms with Crippen LogP contribution in [0, 0.1) is 23.5 Å². The molecule has 0 spiro atoms. The fraction of sp³-hybridized carbons (Fsp3) is 0.222. The minimum atomic E-state index is -0.787. The van der Waals surface area contributed by atoms with E-state index in [1.165, 1.54) is 0 Å². The second-order valence-corrected chi connectivity index (χ2v) is 2.25. The summed E-state index contributed by atoms with van der Waals surface area (Å²) in [5.41, 5.74) is -0.302. The van der Waals surface area contributed by atoms with Crippen molar-refractivity contribution >= 4 is 0 Å². The molecule has 1 N–H and O–H groups in total. The number of aromatic nitrogens is 1. The summed E-state index contributed by atoms with van der Waals surface area (Å²) >= 11 is 0. The van der Waals surface area contributed by atoms with Crippen molar-refractivity contribution in [3.05, 3.63) is 29.6 Å². The van der Waals surface area contributed by atoms with E-state index in [4.69, 9.17) is 5.11 Å². The Kier molecular flexibility index (Phi) is 3.35. The Hall–Kier alpha value is -1.47. The largest absolute Gasteiger partial charge is 0.395 e. The van der Waals surface area contributed by atoms with E-state index in [0.717, 1.165) is 12.4 Å². The van der Waals surface area contributed by atoms with Crippen LogP contribution < -0.4 is 0 Å². The van der Waals surface area contributed by atoms with Crippen molar-refractivity contribution in [2.75, 3.05) is 6.61 Å². The molecule has 13 heavy (non-hydrogen) atoms. The van der Waals surface area contributed by atoms with Crippen molar-refractivity contribution in [1.82, 2.24) is 4.98 Å². The number of aliphatic hydroxyl groups is 1. The first-order valence-corrected chi connectivity index (χ1v) is 3.64. The van der Waals surface area contributed by atoms with Gasteiger partial charge in [-0.15, -0.1) is 0 Å². The van der Waals surface area contributed by atoms with E-state index < -0.39 is 11.6 Å². The predicted molar refractivity (Wildman–Crippen MR) is 42.7 cm³/mol. The fourth-order valence-electron chi connectivity index (χ4n) is 0.738. The Morgan fingerprint density at radius 3 is 2.46 bits per heavy atom. The molecule has 4 heteroatoms. The zero-order chi connectivity index (χ0) is 9.68. The second-order valence-electron chi connectivity index (χ2n) is 2.25. The lowest BCUT2D eigenvalue weighted by Crippen LogP contribution is -1.91. The molecule has 0 radical (unpaired) electrons. The van der Waals surface area contributed by atoms with E-state index >= 15 is 0 Å². The van der Waals surface area contributed by atoms with Crippen LogP contribution in [0.3, 0.4) is 0 Å². The van der Waals surface area contributed by atoms with Crippen molar-refractivity contribution in [2.45, 2.75) is 6.42 Å². The maximum Gasteiger partial charge on any atom is 0.160 e. The Morgan fingerprint density at radius 1 is 1.31 bits per heavy atom. The average molecular weight is 183 g/mol. The molecule has 0 amide bonds. The average Bonchev–Trinajstić information content (AvgIpc) is 2.10. The van der Waals surface area contributed by atoms with Gasteiger partial charge in [-0.3, -0.25) is 4.98 Å². The summed E-state index contributed by atoms with van der Waals surface area (Å²) in [7, 11) is 0. The van der Waals surface area contributed by atoms with Gasteiger partial charge in [0, 0.05) is 6.42 Å². The zero-order valence-corrected chi connectivity index (χ0v) is 6.72. The summed E-state index contributed by atoms with van der Waals surface area (Å²) in [6, 6.07) is 0. The van der Waals surface area contributed by atoms with Gasteiger partial charge in [-0.1, -0.05) is 11.8 Å². The van der Waals surface area contributed by atoms with E-state index in [2.05, 4.69) is 16.8 Å². The van der Waals surface area contributed by atoms with Gasteiger partial charge in [0.25, 0.3) is 0 Å². The molecular formula is C9H7F2NO. The van der Waals surface area contributed by atoms with Crippen LogP contribution in [0.1, 0.15) is 12.0 Å². The van der Waals surface area contributed by atoms with Crippen LogP contribution in [-0.2, 0) is 0 Å². The van der Waals surface area contributed by atoms with E-state index in [9.17, 15) is 8.78 Å². The minimum Gasteiger partial charge on any atom is -0.395 e. The lowest BCUT2D eigenvalue weighted by Gasteiger charge is -1.93. The number of nitrogens with zero attached hydrogens (tertiary/aromatic N) is 1. The normalized spacial score (nSPS) is 9.15. The Labute approximate surface area is 74.2 Å². The molecule has 2 nitrogen and oxygen atoms in total. The monoisotopic (exact) mass is 183 g/mol. The van der Waals surface area contributed by atoms with Gasteiger partial charge in [0.05, 0.1) is 24.6 Å². The van der Waals surface area contributed by atoms with E-state index in [-0.39, 0.29) is 18.6 Å². The van der Waals surface area contributed by atoms with Crippen molar-refractivity contribution in [3.8, 4) is 11.8 Å². The van der Waals surface area contributed by atoms with Gasteiger partial charge in [0.1, 0.15) is 0 Å². The highest BCUT2D eigenvalue weighted by Crippen LogP contribution is 2.07. The molecule has 0 saturated carbocycles. The number of pyridine rings is 1. The van der Waals surface area contributed by atoms with Gasteiger partial charge in [-0.05, 0) is 0 Å². The molecule has 68 valence electrons. The summed E-state index contributed by atoms with van der Waals surface area (Å²) in [5, 5.41) is 8.38. The van der Waals surface area contributed by atoms with E-state index in [1.807, 2.05) is 0 Å². The Morgan fingerprint density at radius 2 is 1.92 bits per heavy atom. The molecule has 1 aromatic heterocycles. The third-order valence-electron chi connectivity index (χ3n) is 1.30. The molecule has 0 bridgehead atoms. The number of hydrogen-bond donors (Lipinski definition) is 1. The van der Waals surface area contributed by atoms with Crippen LogP contribution in [0.4, 0.5) is 8.78 Å². The molecule has 0 aromatic carbocycles. The first-order valence-electron chi connectivity index (χ1n) is 3.64. The predicted octanol–water partition coefficient (Wildman–Crippen LogP) is 1.09. The smallest absolute Gasteiger partial charge is 0.160 e. The molecule has 0 aliphatic carbocycles. The molecule has 0 unspecified atom stereocenters. The third-order valence-corrected chi connectivity index (χ3v) is 1.30. The molecule has 0 saturated heterocycles. The Bertz CT molecular complexity index is 334. The number of aliphatic hydroxyl groups excluding tert-OH is 1. The van der Waals surface area contributed by atoms with Crippen LogP contribution in [0.25, 0.3) is 0 Å². The van der Waals surface area contributed by atoms with Gasteiger partial charge in [-0.2, -0.15) is 0 Å². The standard InChI is InChI=1S/C9H7F2NO/c10-8-5-12-6-9(11)7(8)3-1-2-4-13/h5-6,13H,2,4H2. The molecule has 0 aliphatic rings. The van der Waals surface area contributed by atoms with Crippen molar-refractivity contribution in [1.29, 1.82) is 0 Å². The van der Waals surface area contributed by atoms with E-state index in [0.29, 0.717) is 0 Å². The highest BCUT2D eigenvalue weighted by Gasteiger charge is 2.04. The van der Waals surface area contributed by atoms with Gasteiger partial charge in [0.2, 0.25) is 0 Å². The molecule has 0 fully saturated rings. The zero-order valence-electron chi connectivity index (χ0n) is 6.72. The molecule has 1 rings (SSSR count). The minimum absolute atomic E-state index is 0.124. The van der Waals surface area contributed by atoms with Gasteiger partial charge >= 0.3 is 0 Å². The van der Waals surface area contributed by atoms with Crippen LogP contribution in [0.5, 0.6) is 0 Å². The summed E-state index contributed by atoms with van der Waals surface area (Å²) in [5.74, 6) is 3.13. The maximum atomic E-state index is 12.8. The maximum absolute atomic E-state index is 12.8. The molecule has 0 atom stereocenters. The van der Waals surface area contributed by atoms with Crippen molar-refractivity contribution in [2.24, 2.45) is 0 Å². The van der Waals surface area contributed by atoms with Crippen LogP contribution in [0.15, 0.2) is 12.4 Å². The SMILES string of the molecule is OCCC#Cc1c(F)cncc1F. The quantitative estimate of drug-likeness (QED) is 0.661. The summed E-state index contributed by atoms with van der Waals surface area (Å²) in [6.07, 6.45) is 1.99. The summed E-state index contributed by atoms with van der Waals surface area (Å²) < 4.78 is 25.6. The molecule has 1 heterocycles.